The molecule has 2 unspecified atom stereocenters. The predicted molar refractivity (Wildman–Crippen MR) is 161 cm³/mol. The molecule has 1 saturated heterocycles. The smallest absolute Gasteiger partial charge is 0.320 e. The third-order valence-corrected chi connectivity index (χ3v) is 12.7. The molecular formula is C31H41N5O3Si. The number of imidazole rings is 1. The van der Waals surface area contributed by atoms with Crippen molar-refractivity contribution in [2.24, 2.45) is 0 Å². The molecule has 2 aromatic heterocycles. The molecule has 3 heterocycles. The minimum Gasteiger partial charge on any atom is -0.458 e. The fourth-order valence-electron chi connectivity index (χ4n) is 5.75. The lowest BCUT2D eigenvalue weighted by molar-refractivity contribution is -0.0298. The molecule has 2 N–H and O–H groups in total. The van der Waals surface area contributed by atoms with Crippen LogP contribution in [0.4, 0.5) is 5.82 Å². The average Bonchev–Trinajstić information content (AvgIpc) is 3.39. The Balaban J connectivity index is 1.46. The summed E-state index contributed by atoms with van der Waals surface area (Å²) in [5.74, 6) is 0.303. The second-order valence-corrected chi connectivity index (χ2v) is 15.8. The van der Waals surface area contributed by atoms with Crippen LogP contribution >= 0.6 is 0 Å². The van der Waals surface area contributed by atoms with E-state index in [2.05, 4.69) is 98.3 Å². The zero-order valence-corrected chi connectivity index (χ0v) is 25.0. The van der Waals surface area contributed by atoms with Crippen molar-refractivity contribution in [3.63, 3.8) is 0 Å². The second-order valence-electron chi connectivity index (χ2n) is 11.5. The quantitative estimate of drug-likeness (QED) is 0.266. The lowest BCUT2D eigenvalue weighted by Gasteiger charge is -2.43. The average molecular weight is 560 g/mol. The first kappa shape index (κ1) is 28.3. The van der Waals surface area contributed by atoms with Gasteiger partial charge in [-0.05, 0) is 41.1 Å². The van der Waals surface area contributed by atoms with Crippen molar-refractivity contribution in [2.45, 2.75) is 77.2 Å². The molecule has 0 saturated carbocycles. The molecule has 1 aliphatic rings. The van der Waals surface area contributed by atoms with E-state index in [9.17, 15) is 0 Å². The fourth-order valence-corrected chi connectivity index (χ4v) is 10.3. The third-order valence-electron chi connectivity index (χ3n) is 7.68. The zero-order valence-electron chi connectivity index (χ0n) is 24.0. The molecule has 1 fully saturated rings. The highest BCUT2D eigenvalue weighted by Crippen LogP contribution is 2.37. The molecule has 0 radical (unpaired) electrons. The standard InChI is InChI=1S/C31H41N5O3Si/c1-5-14-23(39-30-34-28(32)27-29(35-30)36(22-33-27)26-19-12-13-20-37-26)21-38-40(31(2,3)4,24-15-8-6-9-16-24)25-17-10-7-11-18-25/h6-11,15-18,22-23,26H,5,12-14,19-21H2,1-4H3,(H2,32,34,35). The van der Waals surface area contributed by atoms with E-state index in [0.29, 0.717) is 23.6 Å². The number of hydrogen-bond acceptors (Lipinski definition) is 7. The Kier molecular flexibility index (Phi) is 8.53. The maximum Gasteiger partial charge on any atom is 0.320 e. The van der Waals surface area contributed by atoms with Gasteiger partial charge in [-0.2, -0.15) is 9.97 Å². The molecule has 212 valence electrons. The number of hydrogen-bond donors (Lipinski definition) is 1. The summed E-state index contributed by atoms with van der Waals surface area (Å²) in [5, 5.41) is 2.35. The topological polar surface area (TPSA) is 97.3 Å². The van der Waals surface area contributed by atoms with Gasteiger partial charge < -0.3 is 19.6 Å². The van der Waals surface area contributed by atoms with Crippen LogP contribution < -0.4 is 20.8 Å². The highest BCUT2D eigenvalue weighted by atomic mass is 28.4. The van der Waals surface area contributed by atoms with Crippen LogP contribution in [-0.2, 0) is 9.16 Å². The van der Waals surface area contributed by atoms with E-state index in [4.69, 9.17) is 24.6 Å². The first-order valence-corrected chi connectivity index (χ1v) is 16.3. The minimum absolute atomic E-state index is 0.106. The Bertz CT molecular complexity index is 1350. The molecule has 2 atom stereocenters. The van der Waals surface area contributed by atoms with Gasteiger partial charge in [0, 0.05) is 6.61 Å². The zero-order chi connectivity index (χ0) is 28.2. The molecule has 40 heavy (non-hydrogen) atoms. The van der Waals surface area contributed by atoms with Crippen LogP contribution in [0.25, 0.3) is 11.2 Å². The SMILES string of the molecule is CCCC(CO[Si](c1ccccc1)(c1ccccc1)C(C)(C)C)Oc1nc(N)c2ncn(C3CCCCO3)c2n1. The molecule has 0 aliphatic carbocycles. The Morgan fingerprint density at radius 1 is 1.02 bits per heavy atom. The van der Waals surface area contributed by atoms with Crippen LogP contribution in [0, 0.1) is 0 Å². The summed E-state index contributed by atoms with van der Waals surface area (Å²) in [5.41, 5.74) is 7.53. The number of benzene rings is 2. The Hall–Kier alpha value is -3.27. The van der Waals surface area contributed by atoms with E-state index in [1.807, 2.05) is 4.57 Å². The van der Waals surface area contributed by atoms with Gasteiger partial charge in [-0.25, -0.2) is 4.98 Å². The lowest BCUT2D eigenvalue weighted by Crippen LogP contribution is -2.67. The van der Waals surface area contributed by atoms with Crippen molar-refractivity contribution in [2.75, 3.05) is 18.9 Å². The Labute approximate surface area is 238 Å². The summed E-state index contributed by atoms with van der Waals surface area (Å²) < 4.78 is 21.6. The molecular weight excluding hydrogens is 518 g/mol. The third kappa shape index (κ3) is 5.63. The first-order chi connectivity index (χ1) is 19.3. The highest BCUT2D eigenvalue weighted by Gasteiger charge is 2.50. The number of nitrogen functional groups attached to an aromatic ring is 1. The molecule has 2 aromatic carbocycles. The summed E-state index contributed by atoms with van der Waals surface area (Å²) in [4.78, 5) is 13.7. The van der Waals surface area contributed by atoms with Gasteiger partial charge in [0.05, 0.1) is 12.9 Å². The Morgan fingerprint density at radius 2 is 1.70 bits per heavy atom. The summed E-state index contributed by atoms with van der Waals surface area (Å²) >= 11 is 0. The van der Waals surface area contributed by atoms with Crippen molar-refractivity contribution in [1.82, 2.24) is 19.5 Å². The van der Waals surface area contributed by atoms with Gasteiger partial charge >= 0.3 is 6.01 Å². The van der Waals surface area contributed by atoms with Crippen molar-refractivity contribution in [3.8, 4) is 6.01 Å². The predicted octanol–water partition coefficient (Wildman–Crippen LogP) is 5.23. The van der Waals surface area contributed by atoms with Gasteiger partial charge in [0.25, 0.3) is 8.32 Å². The number of aromatic nitrogens is 4. The number of nitrogens with zero attached hydrogens (tertiary/aromatic N) is 4. The van der Waals surface area contributed by atoms with Crippen molar-refractivity contribution in [1.29, 1.82) is 0 Å². The minimum atomic E-state index is -2.71. The van der Waals surface area contributed by atoms with Gasteiger partial charge in [0.15, 0.2) is 17.0 Å². The molecule has 4 aromatic rings. The van der Waals surface area contributed by atoms with Crippen molar-refractivity contribution < 1.29 is 13.9 Å². The highest BCUT2D eigenvalue weighted by molar-refractivity contribution is 6.99. The Morgan fingerprint density at radius 3 is 2.27 bits per heavy atom. The molecule has 8 nitrogen and oxygen atoms in total. The van der Waals surface area contributed by atoms with E-state index >= 15 is 0 Å². The van der Waals surface area contributed by atoms with E-state index in [1.54, 1.807) is 6.33 Å². The van der Waals surface area contributed by atoms with Gasteiger partial charge in [0.1, 0.15) is 12.3 Å². The summed E-state index contributed by atoms with van der Waals surface area (Å²) in [6, 6.07) is 21.5. The molecule has 0 bridgehead atoms. The molecule has 9 heteroatoms. The summed E-state index contributed by atoms with van der Waals surface area (Å²) in [6.45, 7) is 10.1. The van der Waals surface area contributed by atoms with Crippen LogP contribution in [0.3, 0.4) is 0 Å². The van der Waals surface area contributed by atoms with E-state index in [0.717, 1.165) is 38.7 Å². The van der Waals surface area contributed by atoms with Crippen LogP contribution in [0.5, 0.6) is 6.01 Å². The number of ether oxygens (including phenoxy) is 2. The molecule has 0 amide bonds. The van der Waals surface area contributed by atoms with Gasteiger partial charge in [-0.15, -0.1) is 0 Å². The van der Waals surface area contributed by atoms with Gasteiger partial charge in [0.2, 0.25) is 0 Å². The normalized spacial score (nSPS) is 17.1. The number of anilines is 1. The first-order valence-electron chi connectivity index (χ1n) is 14.4. The molecule has 5 rings (SSSR count). The van der Waals surface area contributed by atoms with Crippen molar-refractivity contribution >= 4 is 35.7 Å². The maximum atomic E-state index is 7.16. The van der Waals surface area contributed by atoms with Crippen LogP contribution in [0.1, 0.15) is 66.0 Å². The molecule has 0 spiro atoms. The van der Waals surface area contributed by atoms with Crippen LogP contribution in [0.15, 0.2) is 67.0 Å². The van der Waals surface area contributed by atoms with Gasteiger partial charge in [-0.1, -0.05) is 94.8 Å². The lowest BCUT2D eigenvalue weighted by atomic mass is 10.2. The number of fused-ring (bicyclic) bond motifs is 1. The largest absolute Gasteiger partial charge is 0.458 e. The summed E-state index contributed by atoms with van der Waals surface area (Å²) in [6.07, 6.45) is 6.20. The van der Waals surface area contributed by atoms with Gasteiger partial charge in [-0.3, -0.25) is 4.57 Å². The molecule has 1 aliphatic heterocycles. The van der Waals surface area contributed by atoms with E-state index in [-0.39, 0.29) is 23.4 Å². The maximum absolute atomic E-state index is 7.16. The van der Waals surface area contributed by atoms with Crippen LogP contribution in [-0.4, -0.2) is 47.2 Å². The second kappa shape index (κ2) is 12.1. The number of rotatable bonds is 10. The van der Waals surface area contributed by atoms with E-state index < -0.39 is 8.32 Å². The van der Waals surface area contributed by atoms with E-state index in [1.165, 1.54) is 10.4 Å². The fraction of sp³-hybridized carbons (Fsp3) is 0.452. The van der Waals surface area contributed by atoms with Crippen molar-refractivity contribution in [3.05, 3.63) is 67.0 Å². The monoisotopic (exact) mass is 559 g/mol. The van der Waals surface area contributed by atoms with Crippen LogP contribution in [0.2, 0.25) is 5.04 Å². The summed E-state index contributed by atoms with van der Waals surface area (Å²) in [7, 11) is -2.71. The number of nitrogens with two attached hydrogens (primary N) is 1.